The van der Waals surface area contributed by atoms with Gasteiger partial charge in [-0.2, -0.15) is 11.3 Å². The molecule has 3 aromatic rings. The number of hydrogen-bond donors (Lipinski definition) is 1. The van der Waals surface area contributed by atoms with Gasteiger partial charge in [-0.1, -0.05) is 23.7 Å². The Morgan fingerprint density at radius 2 is 2.00 bits per heavy atom. The Bertz CT molecular complexity index is 735. The number of amides is 1. The Labute approximate surface area is 135 Å². The standard InChI is InChI=1S/C15H11ClN2OS2/c16-12-3-1-11(2-4-12)13-9-21-15(17-13)18-14(19)7-10-5-6-20-8-10/h1-6,8-9H,7H2,(H,17,18,19). The number of halogens is 1. The van der Waals surface area contributed by atoms with Crippen LogP contribution in [0.1, 0.15) is 5.56 Å². The van der Waals surface area contributed by atoms with E-state index in [-0.39, 0.29) is 5.91 Å². The minimum atomic E-state index is -0.0505. The molecule has 0 radical (unpaired) electrons. The predicted octanol–water partition coefficient (Wildman–Crippen LogP) is 4.71. The molecule has 0 unspecified atom stereocenters. The SMILES string of the molecule is O=C(Cc1ccsc1)Nc1nc(-c2ccc(Cl)cc2)cs1. The predicted molar refractivity (Wildman–Crippen MR) is 89.2 cm³/mol. The van der Waals surface area contributed by atoms with Crippen LogP contribution in [-0.2, 0) is 11.2 Å². The molecule has 0 spiro atoms. The molecule has 3 rings (SSSR count). The second-order valence-corrected chi connectivity index (χ2v) is 6.48. The van der Waals surface area contributed by atoms with Crippen molar-refractivity contribution in [3.63, 3.8) is 0 Å². The lowest BCUT2D eigenvalue weighted by molar-refractivity contribution is -0.115. The van der Waals surface area contributed by atoms with Gasteiger partial charge in [-0.05, 0) is 34.5 Å². The van der Waals surface area contributed by atoms with Gasteiger partial charge in [0.2, 0.25) is 5.91 Å². The first-order valence-corrected chi connectivity index (χ1v) is 8.43. The maximum Gasteiger partial charge on any atom is 0.230 e. The minimum Gasteiger partial charge on any atom is -0.302 e. The number of nitrogens with one attached hydrogen (secondary N) is 1. The van der Waals surface area contributed by atoms with E-state index in [1.165, 1.54) is 11.3 Å². The number of thiazole rings is 1. The Morgan fingerprint density at radius 1 is 1.19 bits per heavy atom. The molecule has 0 saturated carbocycles. The van der Waals surface area contributed by atoms with E-state index in [0.717, 1.165) is 16.8 Å². The molecule has 0 aliphatic carbocycles. The van der Waals surface area contributed by atoms with Gasteiger partial charge >= 0.3 is 0 Å². The highest BCUT2D eigenvalue weighted by Gasteiger charge is 2.09. The fourth-order valence-corrected chi connectivity index (χ4v) is 3.36. The van der Waals surface area contributed by atoms with E-state index in [2.05, 4.69) is 10.3 Å². The summed E-state index contributed by atoms with van der Waals surface area (Å²) >= 11 is 8.87. The van der Waals surface area contributed by atoms with E-state index < -0.39 is 0 Å². The maximum absolute atomic E-state index is 11.9. The van der Waals surface area contributed by atoms with Crippen molar-refractivity contribution in [3.05, 3.63) is 57.1 Å². The summed E-state index contributed by atoms with van der Waals surface area (Å²) in [4.78, 5) is 16.3. The van der Waals surface area contributed by atoms with E-state index in [9.17, 15) is 4.79 Å². The zero-order valence-corrected chi connectivity index (χ0v) is 13.3. The molecule has 3 nitrogen and oxygen atoms in total. The molecule has 1 aromatic carbocycles. The summed E-state index contributed by atoms with van der Waals surface area (Å²) in [6, 6.07) is 9.42. The summed E-state index contributed by atoms with van der Waals surface area (Å²) in [5.41, 5.74) is 2.84. The average Bonchev–Trinajstić information content (AvgIpc) is 3.11. The molecule has 1 amide bonds. The molecule has 6 heteroatoms. The molecule has 2 heterocycles. The number of carbonyl (C=O) groups is 1. The Morgan fingerprint density at radius 3 is 2.71 bits per heavy atom. The van der Waals surface area contributed by atoms with Gasteiger partial charge in [0.05, 0.1) is 12.1 Å². The first-order valence-electron chi connectivity index (χ1n) is 6.23. The highest BCUT2D eigenvalue weighted by atomic mass is 35.5. The number of aromatic nitrogens is 1. The van der Waals surface area contributed by atoms with E-state index >= 15 is 0 Å². The monoisotopic (exact) mass is 334 g/mol. The minimum absolute atomic E-state index is 0.0505. The fraction of sp³-hybridized carbons (Fsp3) is 0.0667. The van der Waals surface area contributed by atoms with Crippen molar-refractivity contribution in [1.29, 1.82) is 0 Å². The number of anilines is 1. The van der Waals surface area contributed by atoms with E-state index in [0.29, 0.717) is 16.6 Å². The average molecular weight is 335 g/mol. The molecule has 0 bridgehead atoms. The molecule has 0 aliphatic heterocycles. The first-order chi connectivity index (χ1) is 10.2. The van der Waals surface area contributed by atoms with Gasteiger partial charge in [0.25, 0.3) is 0 Å². The van der Waals surface area contributed by atoms with Crippen LogP contribution in [0.2, 0.25) is 5.02 Å². The number of thiophene rings is 1. The van der Waals surface area contributed by atoms with Crippen molar-refractivity contribution in [3.8, 4) is 11.3 Å². The number of carbonyl (C=O) groups excluding carboxylic acids is 1. The quantitative estimate of drug-likeness (QED) is 0.751. The third kappa shape index (κ3) is 3.69. The summed E-state index contributed by atoms with van der Waals surface area (Å²) in [6.07, 6.45) is 0.374. The van der Waals surface area contributed by atoms with Gasteiger partial charge in [-0.15, -0.1) is 11.3 Å². The lowest BCUT2D eigenvalue weighted by Crippen LogP contribution is -2.13. The second kappa shape index (κ2) is 6.39. The lowest BCUT2D eigenvalue weighted by atomic mass is 10.2. The van der Waals surface area contributed by atoms with Crippen LogP contribution in [0.15, 0.2) is 46.5 Å². The maximum atomic E-state index is 11.9. The Kier molecular flexibility index (Phi) is 4.34. The van der Waals surface area contributed by atoms with Gasteiger partial charge in [0.1, 0.15) is 0 Å². The molecule has 2 aromatic heterocycles. The van der Waals surface area contributed by atoms with Crippen molar-refractivity contribution >= 4 is 45.3 Å². The summed E-state index contributed by atoms with van der Waals surface area (Å²) < 4.78 is 0. The van der Waals surface area contributed by atoms with Gasteiger partial charge in [0.15, 0.2) is 5.13 Å². The molecule has 0 atom stereocenters. The van der Waals surface area contributed by atoms with Crippen LogP contribution in [0.3, 0.4) is 0 Å². The summed E-state index contributed by atoms with van der Waals surface area (Å²) in [5, 5.41) is 9.99. The van der Waals surface area contributed by atoms with Crippen molar-refractivity contribution in [2.45, 2.75) is 6.42 Å². The normalized spacial score (nSPS) is 10.5. The van der Waals surface area contributed by atoms with Gasteiger partial charge in [-0.3, -0.25) is 4.79 Å². The lowest BCUT2D eigenvalue weighted by Gasteiger charge is -2.00. The van der Waals surface area contributed by atoms with Gasteiger partial charge in [0, 0.05) is 16.0 Å². The molecule has 21 heavy (non-hydrogen) atoms. The molecule has 106 valence electrons. The smallest absolute Gasteiger partial charge is 0.230 e. The Hall–Kier alpha value is -1.69. The van der Waals surface area contributed by atoms with E-state index in [1.54, 1.807) is 11.3 Å². The largest absolute Gasteiger partial charge is 0.302 e. The van der Waals surface area contributed by atoms with E-state index in [4.69, 9.17) is 11.6 Å². The van der Waals surface area contributed by atoms with Crippen LogP contribution in [0, 0.1) is 0 Å². The molecule has 0 saturated heterocycles. The zero-order chi connectivity index (χ0) is 14.7. The summed E-state index contributed by atoms with van der Waals surface area (Å²) in [5.74, 6) is -0.0505. The molecule has 0 fully saturated rings. The number of rotatable bonds is 4. The fourth-order valence-electron chi connectivity index (χ4n) is 1.83. The van der Waals surface area contributed by atoms with Crippen molar-refractivity contribution in [2.24, 2.45) is 0 Å². The summed E-state index contributed by atoms with van der Waals surface area (Å²) in [7, 11) is 0. The van der Waals surface area contributed by atoms with Crippen LogP contribution in [0.4, 0.5) is 5.13 Å². The highest BCUT2D eigenvalue weighted by molar-refractivity contribution is 7.14. The van der Waals surface area contributed by atoms with Crippen molar-refractivity contribution in [2.75, 3.05) is 5.32 Å². The van der Waals surface area contributed by atoms with Crippen LogP contribution in [0.25, 0.3) is 11.3 Å². The van der Waals surface area contributed by atoms with Crippen LogP contribution < -0.4 is 5.32 Å². The zero-order valence-electron chi connectivity index (χ0n) is 10.9. The van der Waals surface area contributed by atoms with Crippen LogP contribution in [0.5, 0.6) is 0 Å². The third-order valence-electron chi connectivity index (χ3n) is 2.84. The second-order valence-electron chi connectivity index (χ2n) is 4.40. The molecular weight excluding hydrogens is 324 g/mol. The van der Waals surface area contributed by atoms with Crippen LogP contribution in [-0.4, -0.2) is 10.9 Å². The number of nitrogens with zero attached hydrogens (tertiary/aromatic N) is 1. The summed E-state index contributed by atoms with van der Waals surface area (Å²) in [6.45, 7) is 0. The highest BCUT2D eigenvalue weighted by Crippen LogP contribution is 2.26. The topological polar surface area (TPSA) is 42.0 Å². The number of benzene rings is 1. The van der Waals surface area contributed by atoms with Crippen molar-refractivity contribution in [1.82, 2.24) is 4.98 Å². The van der Waals surface area contributed by atoms with Gasteiger partial charge in [-0.25, -0.2) is 4.98 Å². The molecular formula is C15H11ClN2OS2. The third-order valence-corrected chi connectivity index (χ3v) is 4.58. The van der Waals surface area contributed by atoms with E-state index in [1.807, 2.05) is 46.5 Å². The first kappa shape index (κ1) is 14.3. The Balaban J connectivity index is 1.67. The molecule has 0 aliphatic rings. The van der Waals surface area contributed by atoms with Crippen LogP contribution >= 0.6 is 34.3 Å². The van der Waals surface area contributed by atoms with Crippen molar-refractivity contribution < 1.29 is 4.79 Å². The number of hydrogen-bond acceptors (Lipinski definition) is 4. The van der Waals surface area contributed by atoms with Gasteiger partial charge < -0.3 is 5.32 Å². The molecule has 1 N–H and O–H groups in total.